The molecule has 1 aromatic carbocycles. The van der Waals surface area contributed by atoms with Crippen molar-refractivity contribution in [2.24, 2.45) is 0 Å². The van der Waals surface area contributed by atoms with Gasteiger partial charge in [-0.05, 0) is 30.3 Å². The Bertz CT molecular complexity index is 991. The van der Waals surface area contributed by atoms with Gasteiger partial charge in [0.25, 0.3) is 0 Å². The fourth-order valence-electron chi connectivity index (χ4n) is 1.96. The van der Waals surface area contributed by atoms with Crippen LogP contribution in [0.1, 0.15) is 16.4 Å². The number of anilines is 3. The average Bonchev–Trinajstić information content (AvgIpc) is 3.12. The minimum absolute atomic E-state index is 0.0292. The fraction of sp³-hybridized carbons (Fsp3) is 0.0667. The third-order valence-corrected chi connectivity index (χ3v) is 3.10. The normalized spacial score (nSPS) is 10.4. The Kier molecular flexibility index (Phi) is 4.88. The van der Waals surface area contributed by atoms with Crippen molar-refractivity contribution in [1.82, 2.24) is 15.0 Å². The molecule has 2 aromatic heterocycles. The summed E-state index contributed by atoms with van der Waals surface area (Å²) in [4.78, 5) is 33.4. The molecule has 0 saturated heterocycles. The van der Waals surface area contributed by atoms with Gasteiger partial charge in [0.05, 0.1) is 6.07 Å². The van der Waals surface area contributed by atoms with Gasteiger partial charge in [0.15, 0.2) is 12.4 Å². The topological polar surface area (TPSA) is 159 Å². The van der Waals surface area contributed by atoms with E-state index in [1.165, 1.54) is 24.3 Å². The molecule has 3 aromatic rings. The van der Waals surface area contributed by atoms with Crippen LogP contribution in [0.15, 0.2) is 40.8 Å². The highest BCUT2D eigenvalue weighted by molar-refractivity contribution is 5.86. The Hall–Kier alpha value is -4.09. The zero-order chi connectivity index (χ0) is 19.4. The smallest absolute Gasteiger partial charge is 0.433 e. The number of nitrogens with zero attached hydrogens (tertiary/aromatic N) is 4. The summed E-state index contributed by atoms with van der Waals surface area (Å²) in [5.74, 6) is -2.30. The van der Waals surface area contributed by atoms with E-state index < -0.39 is 22.6 Å². The minimum Gasteiger partial charge on any atom is -0.452 e. The van der Waals surface area contributed by atoms with E-state index in [-0.39, 0.29) is 30.1 Å². The number of furan rings is 1. The molecule has 0 radical (unpaired) electrons. The van der Waals surface area contributed by atoms with Gasteiger partial charge in [0.2, 0.25) is 17.7 Å². The second-order valence-corrected chi connectivity index (χ2v) is 5.04. The molecule has 11 nitrogen and oxygen atoms in total. The number of halogens is 1. The Morgan fingerprint density at radius 2 is 1.96 bits per heavy atom. The van der Waals surface area contributed by atoms with Crippen molar-refractivity contribution >= 4 is 29.4 Å². The number of carbonyl (C=O) groups is 1. The summed E-state index contributed by atoms with van der Waals surface area (Å²) in [6, 6.07) is 7.58. The molecule has 0 fully saturated rings. The van der Waals surface area contributed by atoms with Crippen molar-refractivity contribution in [3.8, 4) is 0 Å². The Morgan fingerprint density at radius 3 is 2.63 bits per heavy atom. The van der Waals surface area contributed by atoms with Gasteiger partial charge in [0.1, 0.15) is 10.7 Å². The number of nitrogens with two attached hydrogens (primary N) is 1. The molecule has 0 aliphatic heterocycles. The molecular formula is C15H11FN6O5. The molecule has 2 heterocycles. The highest BCUT2D eigenvalue weighted by Crippen LogP contribution is 2.17. The van der Waals surface area contributed by atoms with Crippen molar-refractivity contribution in [3.63, 3.8) is 0 Å². The van der Waals surface area contributed by atoms with Crippen LogP contribution in [0.3, 0.4) is 0 Å². The van der Waals surface area contributed by atoms with E-state index >= 15 is 0 Å². The predicted octanol–water partition coefficient (Wildman–Crippen LogP) is 2.19. The maximum atomic E-state index is 12.9. The minimum atomic E-state index is -0.935. The molecule has 0 aliphatic carbocycles. The summed E-state index contributed by atoms with van der Waals surface area (Å²) in [5.41, 5.74) is 6.10. The maximum Gasteiger partial charge on any atom is 0.433 e. The number of benzene rings is 1. The summed E-state index contributed by atoms with van der Waals surface area (Å²) in [6.07, 6.45) is 0. The molecule has 0 aliphatic rings. The van der Waals surface area contributed by atoms with Crippen LogP contribution in [-0.4, -0.2) is 25.8 Å². The first-order chi connectivity index (χ1) is 12.9. The fourth-order valence-corrected chi connectivity index (χ4v) is 1.96. The van der Waals surface area contributed by atoms with Gasteiger partial charge < -0.3 is 20.2 Å². The van der Waals surface area contributed by atoms with E-state index in [4.69, 9.17) is 14.9 Å². The van der Waals surface area contributed by atoms with Crippen molar-refractivity contribution in [2.45, 2.75) is 6.61 Å². The van der Waals surface area contributed by atoms with Crippen LogP contribution in [0, 0.1) is 15.9 Å². The largest absolute Gasteiger partial charge is 0.452 e. The summed E-state index contributed by atoms with van der Waals surface area (Å²) in [7, 11) is 0. The SMILES string of the molecule is Nc1nc(COC(=O)c2ccc([N+](=O)[O-])o2)nc(Nc2ccc(F)cc2)n1. The van der Waals surface area contributed by atoms with Crippen LogP contribution in [0.4, 0.5) is 27.9 Å². The average molecular weight is 374 g/mol. The highest BCUT2D eigenvalue weighted by atomic mass is 19.1. The zero-order valence-electron chi connectivity index (χ0n) is 13.5. The molecule has 0 spiro atoms. The van der Waals surface area contributed by atoms with Gasteiger partial charge >= 0.3 is 11.9 Å². The Morgan fingerprint density at radius 1 is 1.22 bits per heavy atom. The number of nitro groups is 1. The number of nitrogens with one attached hydrogen (secondary N) is 1. The number of ether oxygens (including phenoxy) is 1. The van der Waals surface area contributed by atoms with E-state index in [1.807, 2.05) is 0 Å². The summed E-state index contributed by atoms with van der Waals surface area (Å²) >= 11 is 0. The third-order valence-electron chi connectivity index (χ3n) is 3.10. The van der Waals surface area contributed by atoms with E-state index in [9.17, 15) is 19.3 Å². The summed E-state index contributed by atoms with van der Waals surface area (Å²) < 4.78 is 22.6. The highest BCUT2D eigenvalue weighted by Gasteiger charge is 2.19. The first-order valence-corrected chi connectivity index (χ1v) is 7.35. The lowest BCUT2D eigenvalue weighted by atomic mass is 10.3. The molecule has 27 heavy (non-hydrogen) atoms. The van der Waals surface area contributed by atoms with Crippen molar-refractivity contribution in [2.75, 3.05) is 11.1 Å². The van der Waals surface area contributed by atoms with Gasteiger partial charge in [-0.2, -0.15) is 15.0 Å². The van der Waals surface area contributed by atoms with Crippen LogP contribution < -0.4 is 11.1 Å². The molecule has 138 valence electrons. The monoisotopic (exact) mass is 374 g/mol. The summed E-state index contributed by atoms with van der Waals surface area (Å²) in [6.45, 7) is -0.377. The van der Waals surface area contributed by atoms with Crippen LogP contribution in [-0.2, 0) is 11.3 Å². The van der Waals surface area contributed by atoms with Crippen molar-refractivity contribution < 1.29 is 23.3 Å². The first kappa shape index (κ1) is 17.7. The Balaban J connectivity index is 1.67. The molecular weight excluding hydrogens is 363 g/mol. The van der Waals surface area contributed by atoms with E-state index in [0.717, 1.165) is 12.1 Å². The van der Waals surface area contributed by atoms with Crippen LogP contribution in [0.2, 0.25) is 0 Å². The van der Waals surface area contributed by atoms with Gasteiger partial charge in [-0.15, -0.1) is 0 Å². The van der Waals surface area contributed by atoms with Gasteiger partial charge in [-0.25, -0.2) is 9.18 Å². The standard InChI is InChI=1S/C15H11FN6O5/c16-8-1-3-9(4-2-8)18-15-20-11(19-14(17)21-15)7-26-13(23)10-5-6-12(27-10)22(24)25/h1-6H,7H2,(H3,17,18,19,20,21). The lowest BCUT2D eigenvalue weighted by molar-refractivity contribution is -0.402. The Labute approximate surface area is 150 Å². The second-order valence-electron chi connectivity index (χ2n) is 5.04. The lowest BCUT2D eigenvalue weighted by Crippen LogP contribution is -2.11. The van der Waals surface area contributed by atoms with Crippen molar-refractivity contribution in [1.29, 1.82) is 0 Å². The number of rotatable bonds is 6. The molecule has 0 saturated carbocycles. The number of hydrogen-bond donors (Lipinski definition) is 2. The van der Waals surface area contributed by atoms with Crippen molar-refractivity contribution in [3.05, 3.63) is 63.9 Å². The van der Waals surface area contributed by atoms with E-state index in [2.05, 4.69) is 20.3 Å². The van der Waals surface area contributed by atoms with Crippen LogP contribution >= 0.6 is 0 Å². The van der Waals surface area contributed by atoms with Crippen LogP contribution in [0.5, 0.6) is 0 Å². The molecule has 0 unspecified atom stereocenters. The van der Waals surface area contributed by atoms with E-state index in [1.54, 1.807) is 0 Å². The molecule has 3 N–H and O–H groups in total. The third kappa shape index (κ3) is 4.50. The second kappa shape index (κ2) is 7.43. The number of nitrogen functional groups attached to an aromatic ring is 1. The van der Waals surface area contributed by atoms with Gasteiger partial charge in [-0.1, -0.05) is 0 Å². The molecule has 12 heteroatoms. The summed E-state index contributed by atoms with van der Waals surface area (Å²) in [5, 5.41) is 13.4. The maximum absolute atomic E-state index is 12.9. The quantitative estimate of drug-likeness (QED) is 0.372. The zero-order valence-corrected chi connectivity index (χ0v) is 13.5. The lowest BCUT2D eigenvalue weighted by Gasteiger charge is -2.07. The van der Waals surface area contributed by atoms with Gasteiger partial charge in [0, 0.05) is 5.69 Å². The van der Waals surface area contributed by atoms with E-state index in [0.29, 0.717) is 5.69 Å². The number of aromatic nitrogens is 3. The van der Waals surface area contributed by atoms with Crippen LogP contribution in [0.25, 0.3) is 0 Å². The molecule has 0 atom stereocenters. The predicted molar refractivity (Wildman–Crippen MR) is 88.4 cm³/mol. The first-order valence-electron chi connectivity index (χ1n) is 7.35. The number of hydrogen-bond acceptors (Lipinski definition) is 10. The molecule has 0 bridgehead atoms. The number of esters is 1. The number of carbonyl (C=O) groups excluding carboxylic acids is 1. The van der Waals surface area contributed by atoms with Gasteiger partial charge in [-0.3, -0.25) is 10.1 Å². The molecule has 3 rings (SSSR count). The molecule has 0 amide bonds.